The molecule has 33 heavy (non-hydrogen) atoms. The van der Waals surface area contributed by atoms with E-state index in [1.165, 1.54) is 25.3 Å². The molecule has 1 atom stereocenters. The van der Waals surface area contributed by atoms with Gasteiger partial charge in [0.25, 0.3) is 11.6 Å². The number of carbonyl (C=O) groups is 2. The number of H-pyrrole nitrogens is 1. The number of hydrogen-bond donors (Lipinski definition) is 2. The molecule has 3 aromatic rings. The van der Waals surface area contributed by atoms with Crippen LogP contribution >= 0.6 is 0 Å². The van der Waals surface area contributed by atoms with Gasteiger partial charge in [-0.2, -0.15) is 0 Å². The number of nitrogens with zero attached hydrogens (tertiary/aromatic N) is 3. The third-order valence-corrected chi connectivity index (χ3v) is 5.94. The molecule has 2 N–H and O–H groups in total. The van der Waals surface area contributed by atoms with Gasteiger partial charge in [-0.3, -0.25) is 24.6 Å². The molecule has 4 rings (SSSR count). The minimum absolute atomic E-state index is 0.0655. The van der Waals surface area contributed by atoms with Gasteiger partial charge in [0.15, 0.2) is 0 Å². The first kappa shape index (κ1) is 22.3. The van der Waals surface area contributed by atoms with Gasteiger partial charge >= 0.3 is 0 Å². The van der Waals surface area contributed by atoms with E-state index in [-0.39, 0.29) is 23.2 Å². The second-order valence-electron chi connectivity index (χ2n) is 7.91. The van der Waals surface area contributed by atoms with Crippen LogP contribution in [-0.4, -0.2) is 70.9 Å². The SMILES string of the molecule is COc1ccc([N+](=O)[O-])cc1NC(=O)C(C)N1CCN(C(=O)c2cc3ccccc3[nH]2)CC1. The number of nitrogens with one attached hydrogen (secondary N) is 2. The van der Waals surface area contributed by atoms with Gasteiger partial charge in [-0.25, -0.2) is 0 Å². The molecule has 2 aromatic carbocycles. The van der Waals surface area contributed by atoms with E-state index < -0.39 is 11.0 Å². The van der Waals surface area contributed by atoms with Crippen molar-refractivity contribution in [2.24, 2.45) is 0 Å². The van der Waals surface area contributed by atoms with Gasteiger partial charge in [0.2, 0.25) is 5.91 Å². The normalized spacial score (nSPS) is 15.3. The number of rotatable bonds is 6. The fraction of sp³-hybridized carbons (Fsp3) is 0.304. The third kappa shape index (κ3) is 4.65. The molecule has 1 aliphatic heterocycles. The maximum Gasteiger partial charge on any atom is 0.271 e. The van der Waals surface area contributed by atoms with Crippen LogP contribution in [0.1, 0.15) is 17.4 Å². The summed E-state index contributed by atoms with van der Waals surface area (Å²) in [5, 5.41) is 14.8. The molecule has 2 amide bonds. The molecule has 1 fully saturated rings. The molecule has 0 radical (unpaired) electrons. The largest absolute Gasteiger partial charge is 0.495 e. The van der Waals surface area contributed by atoms with Crippen LogP contribution in [0.15, 0.2) is 48.5 Å². The van der Waals surface area contributed by atoms with Gasteiger partial charge in [0.1, 0.15) is 11.4 Å². The Kier molecular flexibility index (Phi) is 6.27. The molecule has 10 nitrogen and oxygen atoms in total. The zero-order valence-corrected chi connectivity index (χ0v) is 18.4. The number of fused-ring (bicyclic) bond motifs is 1. The number of carbonyl (C=O) groups excluding carboxylic acids is 2. The van der Waals surface area contributed by atoms with Crippen LogP contribution in [0.5, 0.6) is 5.75 Å². The Morgan fingerprint density at radius 1 is 1.12 bits per heavy atom. The summed E-state index contributed by atoms with van der Waals surface area (Å²) in [7, 11) is 1.43. The Morgan fingerprint density at radius 2 is 1.85 bits per heavy atom. The highest BCUT2D eigenvalue weighted by atomic mass is 16.6. The van der Waals surface area contributed by atoms with Crippen molar-refractivity contribution in [2.45, 2.75) is 13.0 Å². The standard InChI is InChI=1S/C23H25N5O5/c1-15(22(29)25-19-14-17(28(31)32)7-8-21(19)33-2)26-9-11-27(12-10-26)23(30)20-13-16-5-3-4-6-18(16)24-20/h3-8,13-15,24H,9-12H2,1-2H3,(H,25,29). The monoisotopic (exact) mass is 451 g/mol. The summed E-state index contributed by atoms with van der Waals surface area (Å²) in [6.45, 7) is 3.82. The number of ether oxygens (including phenoxy) is 1. The number of hydrogen-bond acceptors (Lipinski definition) is 6. The summed E-state index contributed by atoms with van der Waals surface area (Å²) < 4.78 is 5.21. The molecule has 10 heteroatoms. The molecule has 1 aromatic heterocycles. The number of amides is 2. The first-order valence-corrected chi connectivity index (χ1v) is 10.6. The van der Waals surface area contributed by atoms with Crippen LogP contribution in [0.25, 0.3) is 10.9 Å². The summed E-state index contributed by atoms with van der Waals surface area (Å²) in [6.07, 6.45) is 0. The first-order valence-electron chi connectivity index (χ1n) is 10.6. The number of nitro benzene ring substituents is 1. The average molecular weight is 451 g/mol. The number of aromatic amines is 1. The predicted molar refractivity (Wildman–Crippen MR) is 124 cm³/mol. The van der Waals surface area contributed by atoms with Crippen LogP contribution in [0.4, 0.5) is 11.4 Å². The van der Waals surface area contributed by atoms with Gasteiger partial charge in [0.05, 0.1) is 23.8 Å². The van der Waals surface area contributed by atoms with Crippen molar-refractivity contribution in [3.05, 3.63) is 64.3 Å². The van der Waals surface area contributed by atoms with E-state index in [1.807, 2.05) is 35.2 Å². The van der Waals surface area contributed by atoms with Crippen molar-refractivity contribution in [2.75, 3.05) is 38.6 Å². The lowest BCUT2D eigenvalue weighted by molar-refractivity contribution is -0.384. The fourth-order valence-electron chi connectivity index (χ4n) is 3.98. The van der Waals surface area contributed by atoms with E-state index in [1.54, 1.807) is 11.8 Å². The van der Waals surface area contributed by atoms with Crippen molar-refractivity contribution >= 4 is 34.1 Å². The molecule has 0 aliphatic carbocycles. The van der Waals surface area contributed by atoms with Crippen LogP contribution < -0.4 is 10.1 Å². The van der Waals surface area contributed by atoms with Crippen LogP contribution in [0.3, 0.4) is 0 Å². The van der Waals surface area contributed by atoms with Crippen LogP contribution in [-0.2, 0) is 4.79 Å². The minimum atomic E-state index is -0.526. The van der Waals surface area contributed by atoms with E-state index in [9.17, 15) is 19.7 Å². The molecular weight excluding hydrogens is 426 g/mol. The molecule has 0 bridgehead atoms. The Labute approximate surface area is 190 Å². The maximum atomic E-state index is 12.9. The minimum Gasteiger partial charge on any atom is -0.495 e. The van der Waals surface area contributed by atoms with E-state index in [2.05, 4.69) is 10.3 Å². The average Bonchev–Trinajstić information content (AvgIpc) is 3.27. The highest BCUT2D eigenvalue weighted by Crippen LogP contribution is 2.29. The Morgan fingerprint density at radius 3 is 2.52 bits per heavy atom. The van der Waals surface area contributed by atoms with Gasteiger partial charge in [-0.1, -0.05) is 18.2 Å². The number of para-hydroxylation sites is 1. The molecule has 1 unspecified atom stereocenters. The number of anilines is 1. The Bertz CT molecular complexity index is 1170. The number of benzene rings is 2. The Balaban J connectivity index is 1.37. The Hall–Kier alpha value is -3.92. The zero-order chi connectivity index (χ0) is 23.5. The van der Waals surface area contributed by atoms with E-state index in [4.69, 9.17) is 4.74 Å². The van der Waals surface area contributed by atoms with Gasteiger partial charge in [-0.05, 0) is 25.1 Å². The van der Waals surface area contributed by atoms with Crippen LogP contribution in [0.2, 0.25) is 0 Å². The van der Waals surface area contributed by atoms with Gasteiger partial charge < -0.3 is 19.9 Å². The molecular formula is C23H25N5O5. The zero-order valence-electron chi connectivity index (χ0n) is 18.4. The number of piperazine rings is 1. The molecule has 1 saturated heterocycles. The summed E-state index contributed by atoms with van der Waals surface area (Å²) in [5.41, 5.74) is 1.58. The van der Waals surface area contributed by atoms with Crippen molar-refractivity contribution < 1.29 is 19.2 Å². The smallest absolute Gasteiger partial charge is 0.271 e. The first-order chi connectivity index (χ1) is 15.9. The molecule has 172 valence electrons. The van der Waals surface area contributed by atoms with Crippen molar-refractivity contribution in [3.63, 3.8) is 0 Å². The number of non-ortho nitro benzene ring substituents is 1. The third-order valence-electron chi connectivity index (χ3n) is 5.94. The van der Waals surface area contributed by atoms with Crippen LogP contribution in [0, 0.1) is 10.1 Å². The number of methoxy groups -OCH3 is 1. The highest BCUT2D eigenvalue weighted by Gasteiger charge is 2.29. The van der Waals surface area contributed by atoms with E-state index in [0.717, 1.165) is 10.9 Å². The quantitative estimate of drug-likeness (QED) is 0.439. The highest BCUT2D eigenvalue weighted by molar-refractivity contribution is 5.98. The lowest BCUT2D eigenvalue weighted by atomic mass is 10.2. The van der Waals surface area contributed by atoms with Crippen molar-refractivity contribution in [1.82, 2.24) is 14.8 Å². The van der Waals surface area contributed by atoms with Crippen molar-refractivity contribution in [3.8, 4) is 5.75 Å². The molecule has 0 spiro atoms. The maximum absolute atomic E-state index is 12.9. The lowest BCUT2D eigenvalue weighted by Crippen LogP contribution is -2.54. The van der Waals surface area contributed by atoms with Crippen molar-refractivity contribution in [1.29, 1.82) is 0 Å². The predicted octanol–water partition coefficient (Wildman–Crippen LogP) is 2.87. The molecule has 1 aliphatic rings. The summed E-state index contributed by atoms with van der Waals surface area (Å²) in [4.78, 5) is 43.2. The van der Waals surface area contributed by atoms with Gasteiger partial charge in [0, 0.05) is 49.2 Å². The second-order valence-corrected chi connectivity index (χ2v) is 7.91. The summed E-state index contributed by atoms with van der Waals surface area (Å²) >= 11 is 0. The number of nitro groups is 1. The molecule has 0 saturated carbocycles. The molecule has 2 heterocycles. The summed E-state index contributed by atoms with van der Waals surface area (Å²) in [6, 6.07) is 13.2. The van der Waals surface area contributed by atoms with Gasteiger partial charge in [-0.15, -0.1) is 0 Å². The topological polar surface area (TPSA) is 121 Å². The fourth-order valence-corrected chi connectivity index (χ4v) is 3.98. The number of aromatic nitrogens is 1. The summed E-state index contributed by atoms with van der Waals surface area (Å²) in [5.74, 6) is -0.0246. The van der Waals surface area contributed by atoms with E-state index >= 15 is 0 Å². The second kappa shape index (κ2) is 9.29. The van der Waals surface area contributed by atoms with E-state index in [0.29, 0.717) is 37.6 Å². The lowest BCUT2D eigenvalue weighted by Gasteiger charge is -2.37.